The van der Waals surface area contributed by atoms with Gasteiger partial charge in [-0.3, -0.25) is 9.69 Å². The van der Waals surface area contributed by atoms with Gasteiger partial charge in [0.2, 0.25) is 0 Å². The molecule has 0 unspecified atom stereocenters. The van der Waals surface area contributed by atoms with Crippen molar-refractivity contribution in [2.75, 3.05) is 39.4 Å². The van der Waals surface area contributed by atoms with Gasteiger partial charge in [0.15, 0.2) is 0 Å². The second-order valence-corrected chi connectivity index (χ2v) is 7.37. The summed E-state index contributed by atoms with van der Waals surface area (Å²) in [7, 11) is 0. The summed E-state index contributed by atoms with van der Waals surface area (Å²) in [6.07, 6.45) is 1.99. The van der Waals surface area contributed by atoms with Crippen LogP contribution in [0.15, 0.2) is 42.6 Å². The number of hydrogen-bond acceptors (Lipinski definition) is 5. The van der Waals surface area contributed by atoms with Crippen LogP contribution in [-0.4, -0.2) is 71.2 Å². The zero-order valence-electron chi connectivity index (χ0n) is 15.7. The summed E-state index contributed by atoms with van der Waals surface area (Å²) >= 11 is 0. The summed E-state index contributed by atoms with van der Waals surface area (Å²) in [6, 6.07) is 13.1. The highest BCUT2D eigenvalue weighted by molar-refractivity contribution is 5.93. The zero-order valence-corrected chi connectivity index (χ0v) is 15.7. The largest absolute Gasteiger partial charge is 0.383 e. The lowest BCUT2D eigenvalue weighted by Crippen LogP contribution is -2.63. The first-order chi connectivity index (χ1) is 13.6. The Balaban J connectivity index is 1.61. The molecule has 0 spiro atoms. The Morgan fingerprint density at radius 3 is 2.68 bits per heavy atom. The van der Waals surface area contributed by atoms with Gasteiger partial charge in [-0.15, -0.1) is 0 Å². The van der Waals surface area contributed by atoms with Gasteiger partial charge >= 0.3 is 0 Å². The minimum Gasteiger partial charge on any atom is -0.383 e. The zero-order chi connectivity index (χ0) is 19.6. The van der Waals surface area contributed by atoms with Gasteiger partial charge in [0, 0.05) is 32.4 Å². The average Bonchev–Trinajstić information content (AvgIpc) is 3.24. The van der Waals surface area contributed by atoms with Crippen molar-refractivity contribution in [2.45, 2.75) is 18.1 Å². The van der Waals surface area contributed by atoms with Crippen molar-refractivity contribution < 1.29 is 14.6 Å². The van der Waals surface area contributed by atoms with E-state index in [2.05, 4.69) is 9.88 Å². The normalized spacial score (nSPS) is 26.0. The van der Waals surface area contributed by atoms with E-state index in [0.717, 1.165) is 18.7 Å². The van der Waals surface area contributed by atoms with Crippen LogP contribution in [-0.2, 0) is 10.3 Å². The van der Waals surface area contributed by atoms with Crippen LogP contribution in [0.2, 0.25) is 0 Å². The monoisotopic (exact) mass is 380 g/mol. The van der Waals surface area contributed by atoms with Crippen LogP contribution in [0.5, 0.6) is 0 Å². The standard InChI is InChI=1S/C21H24N4O3/c22-13-16-12-18(23-14-16)20(26)25-7-6-21(27,17-4-2-1-3-5-17)19(15-25)24-8-10-28-11-9-24/h1-5,12,14,19,23,27H,6-11,15H2/t19-,21+/m1/s1. The molecule has 7 heteroatoms. The van der Waals surface area contributed by atoms with Crippen molar-refractivity contribution in [3.05, 3.63) is 59.4 Å². The van der Waals surface area contributed by atoms with Crippen LogP contribution in [0.1, 0.15) is 28.0 Å². The fraction of sp³-hybridized carbons (Fsp3) is 0.429. The molecule has 3 heterocycles. The number of carbonyl (C=O) groups is 1. The number of benzene rings is 1. The Kier molecular flexibility index (Phi) is 5.18. The predicted octanol–water partition coefficient (Wildman–Crippen LogP) is 1.32. The number of nitrogens with zero attached hydrogens (tertiary/aromatic N) is 3. The average molecular weight is 380 g/mol. The van der Waals surface area contributed by atoms with Crippen LogP contribution in [0, 0.1) is 11.3 Å². The Bertz CT molecular complexity index is 869. The molecule has 1 aromatic carbocycles. The summed E-state index contributed by atoms with van der Waals surface area (Å²) in [4.78, 5) is 19.9. The molecule has 2 saturated heterocycles. The number of aromatic nitrogens is 1. The number of piperidine rings is 1. The molecule has 7 nitrogen and oxygen atoms in total. The summed E-state index contributed by atoms with van der Waals surface area (Å²) in [5, 5.41) is 20.7. The van der Waals surface area contributed by atoms with Gasteiger partial charge in [0.05, 0.1) is 24.8 Å². The van der Waals surface area contributed by atoms with E-state index in [4.69, 9.17) is 10.00 Å². The molecule has 2 aliphatic heterocycles. The third-order valence-electron chi connectivity index (χ3n) is 5.80. The number of nitrogens with one attached hydrogen (secondary N) is 1. The first-order valence-electron chi connectivity index (χ1n) is 9.59. The molecule has 0 radical (unpaired) electrons. The summed E-state index contributed by atoms with van der Waals surface area (Å²) in [6.45, 7) is 3.57. The molecule has 4 rings (SSSR count). The Hall–Kier alpha value is -2.66. The number of nitriles is 1. The van der Waals surface area contributed by atoms with Crippen LogP contribution >= 0.6 is 0 Å². The molecule has 146 valence electrons. The molecule has 2 atom stereocenters. The number of H-pyrrole nitrogens is 1. The van der Waals surface area contributed by atoms with Crippen LogP contribution in [0.4, 0.5) is 0 Å². The number of ether oxygens (including phenoxy) is 1. The highest BCUT2D eigenvalue weighted by Gasteiger charge is 2.47. The van der Waals surface area contributed by atoms with Crippen LogP contribution in [0.3, 0.4) is 0 Å². The number of carbonyl (C=O) groups excluding carboxylic acids is 1. The third kappa shape index (κ3) is 3.42. The van der Waals surface area contributed by atoms with Crippen molar-refractivity contribution in [3.63, 3.8) is 0 Å². The number of rotatable bonds is 3. The third-order valence-corrected chi connectivity index (χ3v) is 5.80. The van der Waals surface area contributed by atoms with Crippen molar-refractivity contribution in [2.24, 2.45) is 0 Å². The molecule has 2 aliphatic rings. The maximum atomic E-state index is 13.0. The lowest BCUT2D eigenvalue weighted by atomic mass is 9.79. The number of aliphatic hydroxyl groups is 1. The van der Waals surface area contributed by atoms with Gasteiger partial charge in [0.25, 0.3) is 5.91 Å². The maximum absolute atomic E-state index is 13.0. The summed E-state index contributed by atoms with van der Waals surface area (Å²) < 4.78 is 5.48. The van der Waals surface area contributed by atoms with Crippen molar-refractivity contribution in [3.8, 4) is 6.07 Å². The fourth-order valence-corrected chi connectivity index (χ4v) is 4.23. The van der Waals surface area contributed by atoms with Crippen molar-refractivity contribution in [1.29, 1.82) is 5.26 Å². The molecule has 0 saturated carbocycles. The number of aromatic amines is 1. The van der Waals surface area contributed by atoms with Crippen LogP contribution in [0.25, 0.3) is 0 Å². The fourth-order valence-electron chi connectivity index (χ4n) is 4.23. The first-order valence-corrected chi connectivity index (χ1v) is 9.59. The number of likely N-dealkylation sites (tertiary alicyclic amines) is 1. The Morgan fingerprint density at radius 1 is 1.25 bits per heavy atom. The lowest BCUT2D eigenvalue weighted by molar-refractivity contribution is -0.112. The molecule has 1 aromatic heterocycles. The molecule has 2 fully saturated rings. The van der Waals surface area contributed by atoms with Crippen molar-refractivity contribution >= 4 is 5.91 Å². The molecule has 0 bridgehead atoms. The second kappa shape index (κ2) is 7.76. The molecule has 2 N–H and O–H groups in total. The van der Waals surface area contributed by atoms with E-state index >= 15 is 0 Å². The maximum Gasteiger partial charge on any atom is 0.270 e. The molecule has 0 aliphatic carbocycles. The highest BCUT2D eigenvalue weighted by Crippen LogP contribution is 2.36. The molecule has 28 heavy (non-hydrogen) atoms. The van der Waals surface area contributed by atoms with Gasteiger partial charge in [-0.2, -0.15) is 5.26 Å². The quantitative estimate of drug-likeness (QED) is 0.838. The van der Waals surface area contributed by atoms with E-state index in [-0.39, 0.29) is 11.9 Å². The van der Waals surface area contributed by atoms with E-state index in [0.29, 0.717) is 44.0 Å². The van der Waals surface area contributed by atoms with Gasteiger partial charge in [0.1, 0.15) is 17.4 Å². The van der Waals surface area contributed by atoms with Crippen molar-refractivity contribution in [1.82, 2.24) is 14.8 Å². The van der Waals surface area contributed by atoms with E-state index in [9.17, 15) is 9.90 Å². The minimum absolute atomic E-state index is 0.144. The summed E-state index contributed by atoms with van der Waals surface area (Å²) in [5.74, 6) is -0.144. The Labute approximate surface area is 164 Å². The highest BCUT2D eigenvalue weighted by atomic mass is 16.5. The lowest BCUT2D eigenvalue weighted by Gasteiger charge is -2.50. The van der Waals surface area contributed by atoms with Gasteiger partial charge < -0.3 is 19.7 Å². The first kappa shape index (κ1) is 18.7. The molecule has 2 aromatic rings. The number of amides is 1. The van der Waals surface area contributed by atoms with Crippen LogP contribution < -0.4 is 0 Å². The van der Waals surface area contributed by atoms with E-state index in [1.165, 1.54) is 6.20 Å². The van der Waals surface area contributed by atoms with Gasteiger partial charge in [-0.25, -0.2) is 0 Å². The molecular formula is C21H24N4O3. The molecule has 1 amide bonds. The van der Waals surface area contributed by atoms with Gasteiger partial charge in [-0.05, 0) is 18.1 Å². The predicted molar refractivity (Wildman–Crippen MR) is 103 cm³/mol. The SMILES string of the molecule is N#Cc1c[nH]c(C(=O)N2CC[C@](O)(c3ccccc3)[C@H](N3CCOCC3)C2)c1. The summed E-state index contributed by atoms with van der Waals surface area (Å²) in [5.41, 5.74) is 0.696. The van der Waals surface area contributed by atoms with Gasteiger partial charge in [-0.1, -0.05) is 30.3 Å². The Morgan fingerprint density at radius 2 is 2.00 bits per heavy atom. The number of morpholine rings is 1. The second-order valence-electron chi connectivity index (χ2n) is 7.37. The minimum atomic E-state index is -1.02. The topological polar surface area (TPSA) is 92.6 Å². The van der Waals surface area contributed by atoms with E-state index in [1.807, 2.05) is 36.4 Å². The number of hydrogen-bond donors (Lipinski definition) is 2. The van der Waals surface area contributed by atoms with E-state index < -0.39 is 5.60 Å². The van der Waals surface area contributed by atoms with E-state index in [1.54, 1.807) is 11.0 Å². The molecular weight excluding hydrogens is 356 g/mol. The smallest absolute Gasteiger partial charge is 0.270 e.